The van der Waals surface area contributed by atoms with E-state index in [9.17, 15) is 18.0 Å². The summed E-state index contributed by atoms with van der Waals surface area (Å²) in [6.45, 7) is 0.161. The summed E-state index contributed by atoms with van der Waals surface area (Å²) in [5.74, 6) is -0.390. The van der Waals surface area contributed by atoms with E-state index >= 15 is 0 Å². The molecule has 0 radical (unpaired) electrons. The summed E-state index contributed by atoms with van der Waals surface area (Å²) in [6.07, 6.45) is -4.37. The van der Waals surface area contributed by atoms with E-state index in [1.807, 2.05) is 0 Å². The third-order valence-corrected chi connectivity index (χ3v) is 3.64. The molecule has 0 atom stereocenters. The highest BCUT2D eigenvalue weighted by molar-refractivity contribution is 7.17. The number of carbonyl (C=O) groups is 1. The van der Waals surface area contributed by atoms with Crippen LogP contribution in [0.2, 0.25) is 4.47 Å². The van der Waals surface area contributed by atoms with Crippen LogP contribution in [0, 0.1) is 0 Å². The topological polar surface area (TPSA) is 46.1 Å². The van der Waals surface area contributed by atoms with Crippen molar-refractivity contribution in [1.82, 2.24) is 15.1 Å². The van der Waals surface area contributed by atoms with E-state index in [-0.39, 0.29) is 21.9 Å². The minimum atomic E-state index is -4.37. The molecule has 0 fully saturated rings. The van der Waals surface area contributed by atoms with Crippen LogP contribution in [-0.2, 0) is 12.7 Å². The van der Waals surface area contributed by atoms with Gasteiger partial charge in [0.15, 0.2) is 0 Å². The first-order chi connectivity index (χ1) is 9.77. The van der Waals surface area contributed by atoms with E-state index in [1.165, 1.54) is 24.1 Å². The molecule has 1 heterocycles. The molecule has 1 aromatic carbocycles. The molecule has 0 aliphatic rings. The van der Waals surface area contributed by atoms with Gasteiger partial charge in [-0.2, -0.15) is 13.2 Å². The number of carbonyl (C=O) groups excluding carboxylic acids is 1. The van der Waals surface area contributed by atoms with Crippen molar-refractivity contribution in [2.45, 2.75) is 12.7 Å². The molecule has 1 aromatic heterocycles. The minimum absolute atomic E-state index is 0.134. The second-order valence-electron chi connectivity index (χ2n) is 4.22. The molecular weight excluding hydrogens is 327 g/mol. The minimum Gasteiger partial charge on any atom is -0.335 e. The summed E-state index contributed by atoms with van der Waals surface area (Å²) in [5.41, 5.74) is -0.148. The lowest BCUT2D eigenvalue weighted by Gasteiger charge is -2.16. The van der Waals surface area contributed by atoms with E-state index in [0.29, 0.717) is 5.56 Å². The Morgan fingerprint density at radius 2 is 1.90 bits per heavy atom. The largest absolute Gasteiger partial charge is 0.416 e. The molecule has 0 spiro atoms. The number of benzene rings is 1. The first-order valence-electron chi connectivity index (χ1n) is 5.68. The fourth-order valence-electron chi connectivity index (χ4n) is 1.60. The number of nitrogens with zero attached hydrogens (tertiary/aromatic N) is 3. The zero-order valence-corrected chi connectivity index (χ0v) is 12.3. The van der Waals surface area contributed by atoms with Crippen LogP contribution < -0.4 is 0 Å². The molecule has 0 aliphatic heterocycles. The number of amides is 1. The Morgan fingerprint density at radius 3 is 2.38 bits per heavy atom. The summed E-state index contributed by atoms with van der Waals surface area (Å²) in [6, 6.07) is 4.63. The zero-order chi connectivity index (χ0) is 15.6. The summed E-state index contributed by atoms with van der Waals surface area (Å²) in [4.78, 5) is 13.3. The van der Waals surface area contributed by atoms with Gasteiger partial charge in [0.05, 0.1) is 5.56 Å². The van der Waals surface area contributed by atoms with Crippen molar-refractivity contribution in [1.29, 1.82) is 0 Å². The molecule has 4 nitrogen and oxygen atoms in total. The quantitative estimate of drug-likeness (QED) is 0.862. The molecule has 21 heavy (non-hydrogen) atoms. The molecule has 0 N–H and O–H groups in total. The van der Waals surface area contributed by atoms with Gasteiger partial charge in [0.2, 0.25) is 9.47 Å². The van der Waals surface area contributed by atoms with Gasteiger partial charge in [-0.15, -0.1) is 10.2 Å². The third-order valence-electron chi connectivity index (χ3n) is 2.63. The average molecular weight is 336 g/mol. The molecule has 112 valence electrons. The van der Waals surface area contributed by atoms with Crippen molar-refractivity contribution < 1.29 is 18.0 Å². The van der Waals surface area contributed by atoms with Crippen LogP contribution in [0.5, 0.6) is 0 Å². The molecule has 0 saturated heterocycles. The van der Waals surface area contributed by atoms with Gasteiger partial charge in [0, 0.05) is 13.6 Å². The van der Waals surface area contributed by atoms with E-state index in [4.69, 9.17) is 11.6 Å². The SMILES string of the molecule is CN(Cc1ccc(C(F)(F)F)cc1)C(=O)c1nnc(Cl)s1. The maximum atomic E-state index is 12.4. The maximum Gasteiger partial charge on any atom is 0.416 e. The Labute approximate surface area is 127 Å². The maximum absolute atomic E-state index is 12.4. The standard InChI is InChI=1S/C12H9ClF3N3OS/c1-19(10(20)9-17-18-11(13)21-9)6-7-2-4-8(5-3-7)12(14,15)16/h2-5H,6H2,1H3. The third kappa shape index (κ3) is 3.92. The highest BCUT2D eigenvalue weighted by Crippen LogP contribution is 2.29. The summed E-state index contributed by atoms with van der Waals surface area (Å²) in [7, 11) is 1.52. The van der Waals surface area contributed by atoms with E-state index in [1.54, 1.807) is 0 Å². The van der Waals surface area contributed by atoms with Crippen LogP contribution in [0.25, 0.3) is 0 Å². The van der Waals surface area contributed by atoms with Crippen LogP contribution in [-0.4, -0.2) is 28.1 Å². The summed E-state index contributed by atoms with van der Waals surface area (Å²) in [5, 5.41) is 7.28. The number of rotatable bonds is 3. The molecular formula is C12H9ClF3N3OS. The van der Waals surface area contributed by atoms with Crippen LogP contribution >= 0.6 is 22.9 Å². The molecule has 2 rings (SSSR count). The van der Waals surface area contributed by atoms with Crippen LogP contribution in [0.15, 0.2) is 24.3 Å². The number of halogens is 4. The zero-order valence-electron chi connectivity index (χ0n) is 10.7. The van der Waals surface area contributed by atoms with Crippen molar-refractivity contribution in [3.63, 3.8) is 0 Å². The molecule has 1 amide bonds. The normalized spacial score (nSPS) is 11.5. The Hall–Kier alpha value is -1.67. The lowest BCUT2D eigenvalue weighted by molar-refractivity contribution is -0.137. The number of alkyl halides is 3. The van der Waals surface area contributed by atoms with E-state index in [2.05, 4.69) is 10.2 Å². The first-order valence-corrected chi connectivity index (χ1v) is 6.87. The van der Waals surface area contributed by atoms with E-state index in [0.717, 1.165) is 23.5 Å². The molecule has 0 aliphatic carbocycles. The highest BCUT2D eigenvalue weighted by atomic mass is 35.5. The Bertz CT molecular complexity index is 642. The number of aromatic nitrogens is 2. The van der Waals surface area contributed by atoms with Gasteiger partial charge in [-0.05, 0) is 29.3 Å². The van der Waals surface area contributed by atoms with Crippen LogP contribution in [0.4, 0.5) is 13.2 Å². The summed E-state index contributed by atoms with van der Waals surface area (Å²) >= 11 is 6.54. The molecule has 0 unspecified atom stereocenters. The molecule has 2 aromatic rings. The Kier molecular flexibility index (Phi) is 4.48. The number of hydrogen-bond acceptors (Lipinski definition) is 4. The second kappa shape index (κ2) is 5.98. The lowest BCUT2D eigenvalue weighted by Crippen LogP contribution is -2.26. The van der Waals surface area contributed by atoms with Gasteiger partial charge in [-0.25, -0.2) is 0 Å². The van der Waals surface area contributed by atoms with Gasteiger partial charge in [0.25, 0.3) is 5.91 Å². The van der Waals surface area contributed by atoms with E-state index < -0.39 is 11.7 Å². The van der Waals surface area contributed by atoms with Gasteiger partial charge < -0.3 is 4.90 Å². The monoisotopic (exact) mass is 335 g/mol. The Morgan fingerprint density at radius 1 is 1.29 bits per heavy atom. The summed E-state index contributed by atoms with van der Waals surface area (Å²) < 4.78 is 37.5. The van der Waals surface area contributed by atoms with Gasteiger partial charge >= 0.3 is 6.18 Å². The molecule has 9 heteroatoms. The smallest absolute Gasteiger partial charge is 0.335 e. The van der Waals surface area contributed by atoms with Crippen molar-refractivity contribution in [3.8, 4) is 0 Å². The van der Waals surface area contributed by atoms with Gasteiger partial charge in [-0.1, -0.05) is 23.5 Å². The highest BCUT2D eigenvalue weighted by Gasteiger charge is 2.30. The van der Waals surface area contributed by atoms with Crippen LogP contribution in [0.3, 0.4) is 0 Å². The van der Waals surface area contributed by atoms with Crippen molar-refractivity contribution >= 4 is 28.8 Å². The second-order valence-corrected chi connectivity index (χ2v) is 5.78. The molecule has 0 saturated carbocycles. The number of hydrogen-bond donors (Lipinski definition) is 0. The van der Waals surface area contributed by atoms with Crippen molar-refractivity contribution in [2.24, 2.45) is 0 Å². The fraction of sp³-hybridized carbons (Fsp3) is 0.250. The first kappa shape index (κ1) is 15.7. The Balaban J connectivity index is 2.06. The van der Waals surface area contributed by atoms with Crippen molar-refractivity contribution in [3.05, 3.63) is 44.9 Å². The lowest BCUT2D eigenvalue weighted by atomic mass is 10.1. The van der Waals surface area contributed by atoms with Crippen molar-refractivity contribution in [2.75, 3.05) is 7.05 Å². The predicted molar refractivity (Wildman–Crippen MR) is 72.2 cm³/mol. The fourth-order valence-corrected chi connectivity index (χ4v) is 2.42. The predicted octanol–water partition coefficient (Wildman–Crippen LogP) is 3.48. The van der Waals surface area contributed by atoms with Gasteiger partial charge in [-0.3, -0.25) is 4.79 Å². The molecule has 0 bridgehead atoms. The average Bonchev–Trinajstić information content (AvgIpc) is 2.84. The van der Waals surface area contributed by atoms with Gasteiger partial charge in [0.1, 0.15) is 0 Å². The van der Waals surface area contributed by atoms with Crippen LogP contribution in [0.1, 0.15) is 20.9 Å².